The molecule has 2 aromatic rings. The van der Waals surface area contributed by atoms with Gasteiger partial charge in [-0.15, -0.1) is 0 Å². The van der Waals surface area contributed by atoms with Crippen LogP contribution >= 0.6 is 35.4 Å². The molecule has 6 heteroatoms. The monoisotopic (exact) mass is 364 g/mol. The Morgan fingerprint density at radius 3 is 2.48 bits per heavy atom. The van der Waals surface area contributed by atoms with Crippen molar-refractivity contribution in [2.24, 2.45) is 0 Å². The second-order valence-corrected chi connectivity index (χ2v) is 6.06. The van der Waals surface area contributed by atoms with Gasteiger partial charge < -0.3 is 5.32 Å². The van der Waals surface area contributed by atoms with Crippen molar-refractivity contribution in [3.63, 3.8) is 0 Å². The first-order chi connectivity index (χ1) is 10.9. The number of thiocarbonyl (C=S) groups is 1. The van der Waals surface area contributed by atoms with Gasteiger partial charge in [-0.1, -0.05) is 47.0 Å². The number of carbonyl (C=O) groups excluding carboxylic acids is 1. The molecule has 0 saturated carbocycles. The van der Waals surface area contributed by atoms with Crippen LogP contribution in [0.5, 0.6) is 0 Å². The quantitative estimate of drug-likeness (QED) is 0.605. The predicted molar refractivity (Wildman–Crippen MR) is 101 cm³/mol. The van der Waals surface area contributed by atoms with Gasteiger partial charge in [0.15, 0.2) is 5.11 Å². The second kappa shape index (κ2) is 8.11. The molecule has 0 bridgehead atoms. The summed E-state index contributed by atoms with van der Waals surface area (Å²) in [7, 11) is 0. The Balaban J connectivity index is 1.92. The van der Waals surface area contributed by atoms with Gasteiger partial charge in [0.2, 0.25) is 5.91 Å². The molecule has 0 atom stereocenters. The zero-order chi connectivity index (χ0) is 16.8. The molecule has 1 amide bonds. The van der Waals surface area contributed by atoms with E-state index in [4.69, 9.17) is 35.4 Å². The lowest BCUT2D eigenvalue weighted by Crippen LogP contribution is -2.32. The highest BCUT2D eigenvalue weighted by Crippen LogP contribution is 2.21. The van der Waals surface area contributed by atoms with Crippen LogP contribution in [0.3, 0.4) is 0 Å². The van der Waals surface area contributed by atoms with Crippen molar-refractivity contribution in [2.45, 2.75) is 6.92 Å². The van der Waals surface area contributed by atoms with E-state index in [1.807, 2.05) is 31.2 Å². The number of hydrogen-bond acceptors (Lipinski definition) is 2. The summed E-state index contributed by atoms with van der Waals surface area (Å²) in [6, 6.07) is 12.7. The highest BCUT2D eigenvalue weighted by molar-refractivity contribution is 7.80. The summed E-state index contributed by atoms with van der Waals surface area (Å²) in [6.45, 7) is 2.00. The largest absolute Gasteiger partial charge is 0.332 e. The smallest absolute Gasteiger partial charge is 0.250 e. The maximum atomic E-state index is 11.9. The van der Waals surface area contributed by atoms with Crippen LogP contribution in [0.1, 0.15) is 11.1 Å². The van der Waals surface area contributed by atoms with Gasteiger partial charge in [-0.2, -0.15) is 0 Å². The number of nitrogens with one attached hydrogen (secondary N) is 2. The zero-order valence-electron chi connectivity index (χ0n) is 12.3. The van der Waals surface area contributed by atoms with Gasteiger partial charge >= 0.3 is 0 Å². The van der Waals surface area contributed by atoms with E-state index in [1.165, 1.54) is 6.08 Å². The number of halogens is 2. The van der Waals surface area contributed by atoms with Crippen molar-refractivity contribution in [3.8, 4) is 0 Å². The molecule has 118 valence electrons. The van der Waals surface area contributed by atoms with Crippen LogP contribution in [0.25, 0.3) is 6.08 Å². The fraction of sp³-hybridized carbons (Fsp3) is 0.0588. The van der Waals surface area contributed by atoms with Crippen molar-refractivity contribution >= 4 is 58.2 Å². The summed E-state index contributed by atoms with van der Waals surface area (Å²) in [5.41, 5.74) is 2.66. The van der Waals surface area contributed by atoms with Gasteiger partial charge in [0, 0.05) is 21.8 Å². The molecule has 3 nitrogen and oxygen atoms in total. The molecule has 0 aliphatic heterocycles. The fourth-order valence-electron chi connectivity index (χ4n) is 1.75. The Morgan fingerprint density at radius 1 is 1.13 bits per heavy atom. The summed E-state index contributed by atoms with van der Waals surface area (Å²) in [6.07, 6.45) is 2.96. The first-order valence-electron chi connectivity index (χ1n) is 6.76. The molecule has 0 fully saturated rings. The Kier molecular flexibility index (Phi) is 6.16. The topological polar surface area (TPSA) is 41.1 Å². The summed E-state index contributed by atoms with van der Waals surface area (Å²) in [5.74, 6) is -0.347. The molecule has 0 saturated heterocycles. The lowest BCUT2D eigenvalue weighted by molar-refractivity contribution is -0.115. The van der Waals surface area contributed by atoms with E-state index in [0.29, 0.717) is 15.6 Å². The van der Waals surface area contributed by atoms with E-state index in [0.717, 1.165) is 11.3 Å². The number of aryl methyl sites for hydroxylation is 1. The van der Waals surface area contributed by atoms with Crippen molar-refractivity contribution in [3.05, 3.63) is 69.7 Å². The fourth-order valence-corrected chi connectivity index (χ4v) is 2.44. The standard InChI is InChI=1S/C17H14Cl2N2OS/c1-11-2-7-14(8-3-11)20-17(23)21-16(22)9-5-12-4-6-13(18)10-15(12)19/h2-10H,1H3,(H2,20,21,22,23). The highest BCUT2D eigenvalue weighted by Gasteiger charge is 2.03. The zero-order valence-corrected chi connectivity index (χ0v) is 14.6. The first kappa shape index (κ1) is 17.5. The molecule has 0 aliphatic carbocycles. The number of benzene rings is 2. The van der Waals surface area contributed by atoms with E-state index in [1.54, 1.807) is 24.3 Å². The van der Waals surface area contributed by atoms with Crippen molar-refractivity contribution < 1.29 is 4.79 Å². The lowest BCUT2D eigenvalue weighted by Gasteiger charge is -2.08. The van der Waals surface area contributed by atoms with Crippen molar-refractivity contribution in [1.29, 1.82) is 0 Å². The molecule has 0 radical (unpaired) electrons. The molecule has 0 heterocycles. The second-order valence-electron chi connectivity index (χ2n) is 4.81. The number of anilines is 1. The van der Waals surface area contributed by atoms with Crippen molar-refractivity contribution in [2.75, 3.05) is 5.32 Å². The third-order valence-electron chi connectivity index (χ3n) is 2.92. The van der Waals surface area contributed by atoms with Crippen LogP contribution in [-0.4, -0.2) is 11.0 Å². The minimum atomic E-state index is -0.347. The van der Waals surface area contributed by atoms with Gasteiger partial charge in [-0.05, 0) is 55.0 Å². The molecular weight excluding hydrogens is 351 g/mol. The SMILES string of the molecule is Cc1ccc(NC(=S)NC(=O)C=Cc2ccc(Cl)cc2Cl)cc1. The molecule has 0 spiro atoms. The van der Waals surface area contributed by atoms with E-state index in [2.05, 4.69) is 10.6 Å². The van der Waals surface area contributed by atoms with Crippen LogP contribution in [0.15, 0.2) is 48.5 Å². The van der Waals surface area contributed by atoms with Crippen molar-refractivity contribution in [1.82, 2.24) is 5.32 Å². The Hall–Kier alpha value is -1.88. The molecular formula is C17H14Cl2N2OS. The Morgan fingerprint density at radius 2 is 1.83 bits per heavy atom. The normalized spacial score (nSPS) is 10.6. The average Bonchev–Trinajstić information content (AvgIpc) is 2.48. The summed E-state index contributed by atoms with van der Waals surface area (Å²) >= 11 is 17.0. The van der Waals surface area contributed by atoms with Crippen LogP contribution in [0.4, 0.5) is 5.69 Å². The highest BCUT2D eigenvalue weighted by atomic mass is 35.5. The number of carbonyl (C=O) groups is 1. The minimum absolute atomic E-state index is 0.228. The first-order valence-corrected chi connectivity index (χ1v) is 7.92. The molecule has 23 heavy (non-hydrogen) atoms. The summed E-state index contributed by atoms with van der Waals surface area (Å²) in [5, 5.41) is 6.75. The number of rotatable bonds is 3. The van der Waals surface area contributed by atoms with Gasteiger partial charge in [0.05, 0.1) is 0 Å². The van der Waals surface area contributed by atoms with Gasteiger partial charge in [-0.25, -0.2) is 0 Å². The van der Waals surface area contributed by atoms with Crippen LogP contribution in [0, 0.1) is 6.92 Å². The van der Waals surface area contributed by atoms with E-state index in [-0.39, 0.29) is 11.0 Å². The van der Waals surface area contributed by atoms with Gasteiger partial charge in [0.25, 0.3) is 0 Å². The van der Waals surface area contributed by atoms with E-state index in [9.17, 15) is 4.79 Å². The Bertz CT molecular complexity index is 758. The van der Waals surface area contributed by atoms with Gasteiger partial charge in [-0.3, -0.25) is 10.1 Å². The minimum Gasteiger partial charge on any atom is -0.332 e. The maximum Gasteiger partial charge on any atom is 0.250 e. The maximum absolute atomic E-state index is 11.9. The third kappa shape index (κ3) is 5.67. The van der Waals surface area contributed by atoms with Crippen LogP contribution in [-0.2, 0) is 4.79 Å². The Labute approximate surface area is 150 Å². The molecule has 2 rings (SSSR count). The molecule has 0 aromatic heterocycles. The average molecular weight is 365 g/mol. The third-order valence-corrected chi connectivity index (χ3v) is 3.69. The van der Waals surface area contributed by atoms with Crippen LogP contribution in [0.2, 0.25) is 10.0 Å². The molecule has 2 aromatic carbocycles. The molecule has 2 N–H and O–H groups in total. The van der Waals surface area contributed by atoms with E-state index < -0.39 is 0 Å². The molecule has 0 unspecified atom stereocenters. The summed E-state index contributed by atoms with van der Waals surface area (Å²) in [4.78, 5) is 11.9. The number of amides is 1. The van der Waals surface area contributed by atoms with E-state index >= 15 is 0 Å². The molecule has 0 aliphatic rings. The summed E-state index contributed by atoms with van der Waals surface area (Å²) < 4.78 is 0. The predicted octanol–water partition coefficient (Wildman–Crippen LogP) is 4.83. The van der Waals surface area contributed by atoms with Gasteiger partial charge in [0.1, 0.15) is 0 Å². The van der Waals surface area contributed by atoms with Crippen LogP contribution < -0.4 is 10.6 Å². The number of hydrogen-bond donors (Lipinski definition) is 2. The lowest BCUT2D eigenvalue weighted by atomic mass is 10.2.